The molecule has 0 bridgehead atoms. The second-order valence-corrected chi connectivity index (χ2v) is 8.58. The molecule has 1 aliphatic rings. The van der Waals surface area contributed by atoms with E-state index in [1.54, 1.807) is 48.5 Å². The van der Waals surface area contributed by atoms with Crippen molar-refractivity contribution >= 4 is 40.6 Å². The van der Waals surface area contributed by atoms with Crippen LogP contribution in [0.5, 0.6) is 11.5 Å². The SMILES string of the molecule is COc1ccc(C(=O)C[C@@]2(O)C(=O)N(Cc3ccc(Cl)cc3)c3ccc(Cl)cc32)cc1OC. The van der Waals surface area contributed by atoms with Gasteiger partial charge in [-0.15, -0.1) is 0 Å². The van der Waals surface area contributed by atoms with Crippen LogP contribution in [0.15, 0.2) is 60.7 Å². The summed E-state index contributed by atoms with van der Waals surface area (Å²) in [5, 5.41) is 12.5. The number of amides is 1. The molecule has 0 unspecified atom stereocenters. The average Bonchev–Trinajstić information content (AvgIpc) is 3.01. The van der Waals surface area contributed by atoms with Gasteiger partial charge in [-0.25, -0.2) is 0 Å². The van der Waals surface area contributed by atoms with Crippen molar-refractivity contribution in [3.05, 3.63) is 87.4 Å². The smallest absolute Gasteiger partial charge is 0.264 e. The van der Waals surface area contributed by atoms with Gasteiger partial charge >= 0.3 is 0 Å². The van der Waals surface area contributed by atoms with Crippen molar-refractivity contribution in [3.8, 4) is 11.5 Å². The van der Waals surface area contributed by atoms with Crippen LogP contribution in [0.25, 0.3) is 0 Å². The van der Waals surface area contributed by atoms with E-state index in [0.29, 0.717) is 32.8 Å². The van der Waals surface area contributed by atoms with Crippen molar-refractivity contribution in [1.29, 1.82) is 0 Å². The van der Waals surface area contributed by atoms with E-state index < -0.39 is 23.7 Å². The lowest BCUT2D eigenvalue weighted by Gasteiger charge is -2.23. The highest BCUT2D eigenvalue weighted by atomic mass is 35.5. The van der Waals surface area contributed by atoms with Crippen molar-refractivity contribution in [1.82, 2.24) is 0 Å². The third kappa shape index (κ3) is 4.29. The van der Waals surface area contributed by atoms with Gasteiger partial charge in [0.1, 0.15) is 0 Å². The monoisotopic (exact) mass is 485 g/mol. The molecule has 1 amide bonds. The molecule has 0 fully saturated rings. The van der Waals surface area contributed by atoms with Gasteiger partial charge < -0.3 is 19.5 Å². The maximum Gasteiger partial charge on any atom is 0.264 e. The van der Waals surface area contributed by atoms with Crippen molar-refractivity contribution in [2.75, 3.05) is 19.1 Å². The van der Waals surface area contributed by atoms with Crippen molar-refractivity contribution in [2.24, 2.45) is 0 Å². The molecule has 1 heterocycles. The predicted molar refractivity (Wildman–Crippen MR) is 126 cm³/mol. The quantitative estimate of drug-likeness (QED) is 0.475. The fourth-order valence-electron chi connectivity index (χ4n) is 3.97. The predicted octanol–water partition coefficient (Wildman–Crippen LogP) is 5.02. The Morgan fingerprint density at radius 1 is 0.939 bits per heavy atom. The van der Waals surface area contributed by atoms with Crippen LogP contribution in [0.2, 0.25) is 10.0 Å². The van der Waals surface area contributed by atoms with Crippen molar-refractivity contribution in [3.63, 3.8) is 0 Å². The second kappa shape index (κ2) is 9.06. The minimum Gasteiger partial charge on any atom is -0.493 e. The molecule has 0 aromatic heterocycles. The van der Waals surface area contributed by atoms with Gasteiger partial charge in [0.2, 0.25) is 0 Å². The minimum atomic E-state index is -2.06. The normalized spacial score (nSPS) is 17.1. The number of hydrogen-bond donors (Lipinski definition) is 1. The number of rotatable bonds is 7. The van der Waals surface area contributed by atoms with Gasteiger partial charge in [-0.3, -0.25) is 9.59 Å². The summed E-state index contributed by atoms with van der Waals surface area (Å²) >= 11 is 12.1. The summed E-state index contributed by atoms with van der Waals surface area (Å²) < 4.78 is 10.5. The molecule has 3 aromatic carbocycles. The summed E-state index contributed by atoms with van der Waals surface area (Å²) in [5.41, 5.74) is -0.154. The first kappa shape index (κ1) is 23.1. The molecule has 1 N–H and O–H groups in total. The molecule has 0 aliphatic carbocycles. The summed E-state index contributed by atoms with van der Waals surface area (Å²) in [6.45, 7) is 0.206. The highest BCUT2D eigenvalue weighted by molar-refractivity contribution is 6.31. The third-order valence-corrected chi connectivity index (χ3v) is 6.16. The number of carbonyl (C=O) groups excluding carboxylic acids is 2. The number of ether oxygens (including phenoxy) is 2. The Labute approximate surface area is 201 Å². The summed E-state index contributed by atoms with van der Waals surface area (Å²) in [4.78, 5) is 28.1. The van der Waals surface area contributed by atoms with Gasteiger partial charge in [-0.05, 0) is 54.1 Å². The van der Waals surface area contributed by atoms with Crippen LogP contribution in [0.4, 0.5) is 5.69 Å². The number of halogens is 2. The van der Waals surface area contributed by atoms with E-state index in [2.05, 4.69) is 0 Å². The Morgan fingerprint density at radius 2 is 1.61 bits per heavy atom. The molecule has 170 valence electrons. The van der Waals surface area contributed by atoms with Crippen LogP contribution in [-0.2, 0) is 16.9 Å². The first-order chi connectivity index (χ1) is 15.8. The maximum atomic E-state index is 13.5. The summed E-state index contributed by atoms with van der Waals surface area (Å²) in [6.07, 6.45) is -0.453. The van der Waals surface area contributed by atoms with Gasteiger partial charge in [-0.1, -0.05) is 35.3 Å². The number of carbonyl (C=O) groups is 2. The average molecular weight is 486 g/mol. The van der Waals surface area contributed by atoms with E-state index in [4.69, 9.17) is 32.7 Å². The Kier molecular flexibility index (Phi) is 6.34. The molecule has 33 heavy (non-hydrogen) atoms. The molecule has 6 nitrogen and oxygen atoms in total. The summed E-state index contributed by atoms with van der Waals surface area (Å²) in [5.74, 6) is -0.175. The zero-order chi connectivity index (χ0) is 23.8. The molecular formula is C25H21Cl2NO5. The first-order valence-corrected chi connectivity index (χ1v) is 10.9. The zero-order valence-corrected chi connectivity index (χ0v) is 19.5. The van der Waals surface area contributed by atoms with Crippen LogP contribution in [-0.4, -0.2) is 31.0 Å². The van der Waals surface area contributed by atoms with Gasteiger partial charge in [0.25, 0.3) is 5.91 Å². The number of Topliss-reactive ketones (excluding diaryl/α,β-unsaturated/α-hetero) is 1. The number of aliphatic hydroxyl groups is 1. The van der Waals surface area contributed by atoms with Crippen LogP contribution in [0.3, 0.4) is 0 Å². The molecule has 0 saturated heterocycles. The Hall–Kier alpha value is -3.06. The Bertz CT molecular complexity index is 1230. The number of hydrogen-bond acceptors (Lipinski definition) is 5. The standard InChI is InChI=1S/C25H21Cl2NO5/c1-32-22-10-5-16(11-23(22)33-2)21(29)13-25(31)19-12-18(27)8-9-20(19)28(24(25)30)14-15-3-6-17(26)7-4-15/h3-12,31H,13-14H2,1-2H3/t25-/m0/s1. The molecule has 4 rings (SSSR count). The van der Waals surface area contributed by atoms with Crippen LogP contribution in [0, 0.1) is 0 Å². The zero-order valence-electron chi connectivity index (χ0n) is 18.0. The first-order valence-electron chi connectivity index (χ1n) is 10.1. The van der Waals surface area contributed by atoms with E-state index >= 15 is 0 Å². The summed E-state index contributed by atoms with van der Waals surface area (Å²) in [7, 11) is 2.96. The lowest BCUT2D eigenvalue weighted by Crippen LogP contribution is -2.41. The number of ketones is 1. The van der Waals surface area contributed by atoms with E-state index in [-0.39, 0.29) is 12.1 Å². The van der Waals surface area contributed by atoms with Crippen molar-refractivity contribution < 1.29 is 24.2 Å². The number of methoxy groups -OCH3 is 2. The number of anilines is 1. The van der Waals surface area contributed by atoms with E-state index in [1.807, 2.05) is 0 Å². The number of benzene rings is 3. The molecular weight excluding hydrogens is 465 g/mol. The van der Waals surface area contributed by atoms with Gasteiger partial charge in [0.05, 0.1) is 32.9 Å². The number of fused-ring (bicyclic) bond motifs is 1. The topological polar surface area (TPSA) is 76.1 Å². The molecule has 3 aromatic rings. The number of nitrogens with zero attached hydrogens (tertiary/aromatic N) is 1. The maximum absolute atomic E-state index is 13.5. The van der Waals surface area contributed by atoms with Gasteiger partial charge in [0.15, 0.2) is 22.9 Å². The molecule has 1 aliphatic heterocycles. The third-order valence-electron chi connectivity index (χ3n) is 5.67. The van der Waals surface area contributed by atoms with Crippen LogP contribution < -0.4 is 14.4 Å². The second-order valence-electron chi connectivity index (χ2n) is 7.71. The Morgan fingerprint density at radius 3 is 2.27 bits per heavy atom. The van der Waals surface area contributed by atoms with Crippen molar-refractivity contribution in [2.45, 2.75) is 18.6 Å². The minimum absolute atomic E-state index is 0.206. The molecule has 8 heteroatoms. The fraction of sp³-hybridized carbons (Fsp3) is 0.200. The van der Waals surface area contributed by atoms with Gasteiger partial charge in [0, 0.05) is 21.2 Å². The lowest BCUT2D eigenvalue weighted by atomic mass is 9.88. The van der Waals surface area contributed by atoms with Crippen LogP contribution >= 0.6 is 23.2 Å². The van der Waals surface area contributed by atoms with E-state index in [0.717, 1.165) is 5.56 Å². The highest BCUT2D eigenvalue weighted by Crippen LogP contribution is 2.45. The molecule has 0 spiro atoms. The molecule has 0 radical (unpaired) electrons. The fourth-order valence-corrected chi connectivity index (χ4v) is 4.27. The van der Waals surface area contributed by atoms with E-state index in [9.17, 15) is 14.7 Å². The highest BCUT2D eigenvalue weighted by Gasteiger charge is 2.51. The Balaban J connectivity index is 1.69. The van der Waals surface area contributed by atoms with Crippen LogP contribution in [0.1, 0.15) is 27.9 Å². The largest absolute Gasteiger partial charge is 0.493 e. The molecule has 0 saturated carbocycles. The molecule has 1 atom stereocenters. The van der Waals surface area contributed by atoms with E-state index in [1.165, 1.54) is 31.3 Å². The van der Waals surface area contributed by atoms with Gasteiger partial charge in [-0.2, -0.15) is 0 Å². The summed E-state index contributed by atoms with van der Waals surface area (Å²) in [6, 6.07) is 16.6. The lowest BCUT2D eigenvalue weighted by molar-refractivity contribution is -0.136.